The van der Waals surface area contributed by atoms with Gasteiger partial charge in [-0.05, 0) is 36.9 Å². The molecule has 1 aromatic heterocycles. The summed E-state index contributed by atoms with van der Waals surface area (Å²) in [5.74, 6) is -0.494. The number of oxazole rings is 1. The molecule has 2 saturated heterocycles. The molecule has 1 aromatic carbocycles. The first kappa shape index (κ1) is 17.5. The number of aryl methyl sites for hydroxylation is 1. The zero-order chi connectivity index (χ0) is 16.2. The van der Waals surface area contributed by atoms with E-state index in [1.165, 1.54) is 10.6 Å². The van der Waals surface area contributed by atoms with Gasteiger partial charge in [0, 0.05) is 32.7 Å². The third-order valence-corrected chi connectivity index (χ3v) is 6.98. The molecule has 0 saturated carbocycles. The minimum absolute atomic E-state index is 0. The lowest BCUT2D eigenvalue weighted by Gasteiger charge is -2.22. The molecule has 2 aliphatic heterocycles. The molecule has 0 amide bonds. The van der Waals surface area contributed by atoms with Crippen LogP contribution in [0.15, 0.2) is 32.3 Å². The Morgan fingerprint density at radius 3 is 2.79 bits per heavy atom. The number of halogens is 1. The number of sulfonamides is 1. The van der Waals surface area contributed by atoms with Gasteiger partial charge in [0.15, 0.2) is 5.58 Å². The van der Waals surface area contributed by atoms with Crippen LogP contribution in [0, 0.1) is 5.41 Å². The number of nitrogens with one attached hydrogen (secondary N) is 1. The monoisotopic (exact) mass is 373 g/mol. The van der Waals surface area contributed by atoms with Crippen LogP contribution in [0.4, 0.5) is 0 Å². The highest BCUT2D eigenvalue weighted by Gasteiger charge is 2.44. The van der Waals surface area contributed by atoms with E-state index in [-0.39, 0.29) is 22.7 Å². The number of nitrogens with zero attached hydrogens (tertiary/aromatic N) is 2. The first-order valence-corrected chi connectivity index (χ1v) is 9.16. The summed E-state index contributed by atoms with van der Waals surface area (Å²) < 4.78 is 33.8. The van der Waals surface area contributed by atoms with Crippen molar-refractivity contribution in [1.29, 1.82) is 0 Å². The van der Waals surface area contributed by atoms with Gasteiger partial charge in [0.05, 0.1) is 10.4 Å². The SMILES string of the molecule is Cl.Cn1c(=O)oc2cc(S(=O)(=O)N3CCC4(CCNC4)C3)ccc21. The van der Waals surface area contributed by atoms with E-state index in [1.807, 2.05) is 0 Å². The minimum Gasteiger partial charge on any atom is -0.408 e. The average molecular weight is 374 g/mol. The lowest BCUT2D eigenvalue weighted by molar-refractivity contribution is 0.338. The van der Waals surface area contributed by atoms with Gasteiger partial charge in [-0.3, -0.25) is 4.57 Å². The molecular formula is C15H20ClN3O4S. The summed E-state index contributed by atoms with van der Waals surface area (Å²) in [5.41, 5.74) is 0.970. The highest BCUT2D eigenvalue weighted by molar-refractivity contribution is 7.89. The van der Waals surface area contributed by atoms with Gasteiger partial charge in [-0.2, -0.15) is 4.31 Å². The molecule has 1 unspecified atom stereocenters. The second kappa shape index (κ2) is 5.87. The number of rotatable bonds is 2. The molecule has 0 aliphatic carbocycles. The molecule has 1 spiro atoms. The Hall–Kier alpha value is -1.35. The lowest BCUT2D eigenvalue weighted by Crippen LogP contribution is -2.33. The highest BCUT2D eigenvalue weighted by Crippen LogP contribution is 2.38. The zero-order valence-electron chi connectivity index (χ0n) is 13.3. The standard InChI is InChI=1S/C15H19N3O4S.ClH/c1-17-12-3-2-11(8-13(12)22-14(17)19)23(20,21)18-7-5-15(10-18)4-6-16-9-15;/h2-3,8,16H,4-7,9-10H2,1H3;1H. The van der Waals surface area contributed by atoms with Gasteiger partial charge < -0.3 is 9.73 Å². The van der Waals surface area contributed by atoms with Crippen LogP contribution in [-0.2, 0) is 17.1 Å². The summed E-state index contributed by atoms with van der Waals surface area (Å²) in [5, 5.41) is 3.33. The lowest BCUT2D eigenvalue weighted by atomic mass is 9.87. The third kappa shape index (κ3) is 2.57. The normalized spacial score (nSPS) is 24.7. The van der Waals surface area contributed by atoms with Crippen molar-refractivity contribution in [1.82, 2.24) is 14.2 Å². The van der Waals surface area contributed by atoms with Crippen molar-refractivity contribution in [3.05, 3.63) is 28.7 Å². The summed E-state index contributed by atoms with van der Waals surface area (Å²) in [6.07, 6.45) is 1.91. The van der Waals surface area contributed by atoms with Crippen LogP contribution in [0.3, 0.4) is 0 Å². The maximum absolute atomic E-state index is 12.9. The number of benzene rings is 1. The Balaban J connectivity index is 0.00000169. The summed E-state index contributed by atoms with van der Waals surface area (Å²) in [6.45, 7) is 2.93. The fourth-order valence-electron chi connectivity index (χ4n) is 3.67. The average Bonchev–Trinajstić information content (AvgIpc) is 3.22. The number of aromatic nitrogens is 1. The first-order chi connectivity index (χ1) is 10.9. The Bertz CT molecular complexity index is 928. The van der Waals surface area contributed by atoms with E-state index in [2.05, 4.69) is 5.32 Å². The van der Waals surface area contributed by atoms with Gasteiger partial charge >= 0.3 is 5.76 Å². The predicted molar refractivity (Wildman–Crippen MR) is 92.0 cm³/mol. The third-order valence-electron chi connectivity index (χ3n) is 5.14. The molecule has 132 valence electrons. The fourth-order valence-corrected chi connectivity index (χ4v) is 5.24. The molecule has 1 atom stereocenters. The van der Waals surface area contributed by atoms with Gasteiger partial charge in [-0.1, -0.05) is 0 Å². The largest absolute Gasteiger partial charge is 0.419 e. The van der Waals surface area contributed by atoms with Gasteiger partial charge in [0.1, 0.15) is 0 Å². The van der Waals surface area contributed by atoms with Gasteiger partial charge in [0.25, 0.3) is 0 Å². The maximum Gasteiger partial charge on any atom is 0.419 e. The van der Waals surface area contributed by atoms with Crippen LogP contribution in [0.5, 0.6) is 0 Å². The van der Waals surface area contributed by atoms with Crippen molar-refractivity contribution < 1.29 is 12.8 Å². The quantitative estimate of drug-likeness (QED) is 0.846. The van der Waals surface area contributed by atoms with Gasteiger partial charge in [-0.15, -0.1) is 12.4 Å². The van der Waals surface area contributed by atoms with Crippen molar-refractivity contribution in [3.63, 3.8) is 0 Å². The Morgan fingerprint density at radius 2 is 2.08 bits per heavy atom. The summed E-state index contributed by atoms with van der Waals surface area (Å²) >= 11 is 0. The van der Waals surface area contributed by atoms with Crippen LogP contribution in [0.2, 0.25) is 0 Å². The molecule has 0 bridgehead atoms. The summed E-state index contributed by atoms with van der Waals surface area (Å²) in [4.78, 5) is 11.7. The van der Waals surface area contributed by atoms with E-state index in [9.17, 15) is 13.2 Å². The first-order valence-electron chi connectivity index (χ1n) is 7.72. The Kier molecular flexibility index (Phi) is 4.28. The Morgan fingerprint density at radius 1 is 1.29 bits per heavy atom. The molecule has 1 N–H and O–H groups in total. The number of hydrogen-bond acceptors (Lipinski definition) is 5. The van der Waals surface area contributed by atoms with Crippen molar-refractivity contribution in [2.24, 2.45) is 12.5 Å². The van der Waals surface area contributed by atoms with E-state index in [4.69, 9.17) is 4.42 Å². The van der Waals surface area contributed by atoms with Crippen LogP contribution in [-0.4, -0.2) is 43.5 Å². The van der Waals surface area contributed by atoms with Gasteiger partial charge in [-0.25, -0.2) is 13.2 Å². The van der Waals surface area contributed by atoms with E-state index in [1.54, 1.807) is 23.5 Å². The topological polar surface area (TPSA) is 84.5 Å². The molecule has 2 aromatic rings. The molecule has 3 heterocycles. The molecule has 2 fully saturated rings. The minimum atomic E-state index is -3.56. The van der Waals surface area contributed by atoms with Crippen molar-refractivity contribution in [2.75, 3.05) is 26.2 Å². The molecule has 7 nitrogen and oxygen atoms in total. The van der Waals surface area contributed by atoms with E-state index >= 15 is 0 Å². The van der Waals surface area contributed by atoms with Crippen LogP contribution >= 0.6 is 12.4 Å². The van der Waals surface area contributed by atoms with Crippen LogP contribution in [0.25, 0.3) is 11.1 Å². The van der Waals surface area contributed by atoms with Crippen molar-refractivity contribution in [3.8, 4) is 0 Å². The van der Waals surface area contributed by atoms with Gasteiger partial charge in [0.2, 0.25) is 10.0 Å². The highest BCUT2D eigenvalue weighted by atomic mass is 35.5. The smallest absolute Gasteiger partial charge is 0.408 e. The molecule has 24 heavy (non-hydrogen) atoms. The van der Waals surface area contributed by atoms with Crippen LogP contribution < -0.4 is 11.1 Å². The summed E-state index contributed by atoms with van der Waals surface area (Å²) in [6, 6.07) is 4.62. The van der Waals surface area contributed by atoms with E-state index in [0.29, 0.717) is 24.2 Å². The second-order valence-electron chi connectivity index (χ2n) is 6.57. The predicted octanol–water partition coefficient (Wildman–Crippen LogP) is 0.927. The number of hydrogen-bond donors (Lipinski definition) is 1. The van der Waals surface area contributed by atoms with Crippen LogP contribution in [0.1, 0.15) is 12.8 Å². The second-order valence-corrected chi connectivity index (χ2v) is 8.51. The van der Waals surface area contributed by atoms with Crippen molar-refractivity contribution in [2.45, 2.75) is 17.7 Å². The molecular weight excluding hydrogens is 354 g/mol. The molecule has 0 radical (unpaired) electrons. The van der Waals surface area contributed by atoms with E-state index in [0.717, 1.165) is 25.9 Å². The Labute approximate surface area is 146 Å². The molecule has 4 rings (SSSR count). The molecule has 9 heteroatoms. The maximum atomic E-state index is 12.9. The van der Waals surface area contributed by atoms with Crippen molar-refractivity contribution >= 4 is 33.5 Å². The van der Waals surface area contributed by atoms with E-state index < -0.39 is 15.8 Å². The fraction of sp³-hybridized carbons (Fsp3) is 0.533. The number of fused-ring (bicyclic) bond motifs is 1. The molecule has 2 aliphatic rings. The summed E-state index contributed by atoms with van der Waals surface area (Å²) in [7, 11) is -1.97. The zero-order valence-corrected chi connectivity index (χ0v) is 15.0.